The number of aryl methyl sites for hydroxylation is 2. The number of hydrogen-bond donors (Lipinski definition) is 2. The molecule has 0 radical (unpaired) electrons. The molecular formula is C33H30N4O2S. The van der Waals surface area contributed by atoms with Gasteiger partial charge in [-0.25, -0.2) is 0 Å². The largest absolute Gasteiger partial charge is 0.508 e. The molecule has 3 aromatic carbocycles. The van der Waals surface area contributed by atoms with Gasteiger partial charge in [-0.15, -0.1) is 0 Å². The zero-order chi connectivity index (χ0) is 27.8. The number of nitrogens with one attached hydrogen (secondary N) is 1. The molecule has 2 unspecified atom stereocenters. The van der Waals surface area contributed by atoms with Crippen molar-refractivity contribution in [2.45, 2.75) is 32.9 Å². The lowest BCUT2D eigenvalue weighted by atomic mass is 9.96. The van der Waals surface area contributed by atoms with Crippen LogP contribution >= 0.6 is 12.2 Å². The fourth-order valence-electron chi connectivity index (χ4n) is 5.51. The van der Waals surface area contributed by atoms with E-state index in [-0.39, 0.29) is 17.8 Å². The molecule has 1 saturated heterocycles. The summed E-state index contributed by atoms with van der Waals surface area (Å²) < 4.78 is 8.36. The lowest BCUT2D eigenvalue weighted by Gasteiger charge is -2.28. The first-order chi connectivity index (χ1) is 19.4. The minimum atomic E-state index is -0.148. The number of rotatable bonds is 6. The van der Waals surface area contributed by atoms with Crippen molar-refractivity contribution < 1.29 is 9.84 Å². The number of anilines is 1. The third-order valence-electron chi connectivity index (χ3n) is 7.43. The van der Waals surface area contributed by atoms with Gasteiger partial charge in [-0.1, -0.05) is 24.3 Å². The highest BCUT2D eigenvalue weighted by atomic mass is 32.1. The van der Waals surface area contributed by atoms with Gasteiger partial charge in [-0.3, -0.25) is 4.98 Å². The molecule has 2 aromatic heterocycles. The molecule has 40 heavy (non-hydrogen) atoms. The molecule has 1 fully saturated rings. The molecule has 6 rings (SSSR count). The molecule has 0 aliphatic carbocycles. The first-order valence-electron chi connectivity index (χ1n) is 13.2. The number of pyridine rings is 1. The number of phenolic OH excluding ortho intramolecular Hbond substituents is 1. The number of benzene rings is 3. The fraction of sp³-hybridized carbons (Fsp3) is 0.152. The SMILES string of the molecule is Cc1ccccc1Oc1ccc(N2C(=S)NC(c3ccccn3)C2c2cc(C)n(-c3ccc(O)cc3)c2C)cc1. The van der Waals surface area contributed by atoms with Crippen LogP contribution in [0.25, 0.3) is 5.69 Å². The van der Waals surface area contributed by atoms with Crippen molar-refractivity contribution in [2.24, 2.45) is 0 Å². The Labute approximate surface area is 239 Å². The van der Waals surface area contributed by atoms with Crippen LogP contribution in [-0.4, -0.2) is 19.8 Å². The lowest BCUT2D eigenvalue weighted by molar-refractivity contribution is 0.475. The number of hydrogen-bond acceptors (Lipinski definition) is 4. The van der Waals surface area contributed by atoms with Crippen LogP contribution in [0.3, 0.4) is 0 Å². The van der Waals surface area contributed by atoms with Crippen molar-refractivity contribution in [1.29, 1.82) is 0 Å². The molecule has 0 amide bonds. The summed E-state index contributed by atoms with van der Waals surface area (Å²) in [5, 5.41) is 14.0. The molecule has 2 atom stereocenters. The van der Waals surface area contributed by atoms with Crippen molar-refractivity contribution in [1.82, 2.24) is 14.9 Å². The normalized spacial score (nSPS) is 16.7. The average molecular weight is 547 g/mol. The number of nitrogens with zero attached hydrogens (tertiary/aromatic N) is 3. The van der Waals surface area contributed by atoms with E-state index < -0.39 is 0 Å². The minimum absolute atomic E-state index is 0.136. The van der Waals surface area contributed by atoms with E-state index in [2.05, 4.69) is 46.8 Å². The highest BCUT2D eigenvalue weighted by molar-refractivity contribution is 7.80. The highest BCUT2D eigenvalue weighted by Gasteiger charge is 2.42. The van der Waals surface area contributed by atoms with Gasteiger partial charge in [0.15, 0.2) is 5.11 Å². The van der Waals surface area contributed by atoms with Crippen molar-refractivity contribution in [3.63, 3.8) is 0 Å². The lowest BCUT2D eigenvalue weighted by Crippen LogP contribution is -2.29. The van der Waals surface area contributed by atoms with Crippen LogP contribution in [0.1, 0.15) is 40.3 Å². The van der Waals surface area contributed by atoms with Gasteiger partial charge >= 0.3 is 0 Å². The van der Waals surface area contributed by atoms with Gasteiger partial charge in [0.2, 0.25) is 0 Å². The Morgan fingerprint density at radius 1 is 0.850 bits per heavy atom. The average Bonchev–Trinajstić information content (AvgIpc) is 3.46. The smallest absolute Gasteiger partial charge is 0.174 e. The Kier molecular flexibility index (Phi) is 6.74. The molecule has 200 valence electrons. The molecule has 0 bridgehead atoms. The van der Waals surface area contributed by atoms with Crippen molar-refractivity contribution >= 4 is 23.0 Å². The van der Waals surface area contributed by atoms with E-state index in [0.717, 1.165) is 51.1 Å². The Morgan fingerprint density at radius 3 is 2.25 bits per heavy atom. The molecule has 3 heterocycles. The summed E-state index contributed by atoms with van der Waals surface area (Å²) in [7, 11) is 0. The molecule has 0 spiro atoms. The summed E-state index contributed by atoms with van der Waals surface area (Å²) in [4.78, 5) is 6.87. The van der Waals surface area contributed by atoms with Gasteiger partial charge in [0.05, 0.1) is 17.8 Å². The molecule has 0 saturated carbocycles. The number of phenols is 1. The van der Waals surface area contributed by atoms with Crippen LogP contribution in [0.4, 0.5) is 5.69 Å². The van der Waals surface area contributed by atoms with Crippen LogP contribution in [0.15, 0.2) is 103 Å². The van der Waals surface area contributed by atoms with E-state index in [9.17, 15) is 5.11 Å². The summed E-state index contributed by atoms with van der Waals surface area (Å²) in [6, 6.07) is 31.2. The summed E-state index contributed by atoms with van der Waals surface area (Å²) in [6.07, 6.45) is 1.82. The maximum atomic E-state index is 9.83. The van der Waals surface area contributed by atoms with Gasteiger partial charge in [-0.05, 0) is 117 Å². The number of thiocarbonyl (C=S) groups is 1. The van der Waals surface area contributed by atoms with Gasteiger partial charge in [-0.2, -0.15) is 0 Å². The van der Waals surface area contributed by atoms with E-state index in [0.29, 0.717) is 5.11 Å². The van der Waals surface area contributed by atoms with E-state index in [1.807, 2.05) is 79.9 Å². The second-order valence-electron chi connectivity index (χ2n) is 10.0. The fourth-order valence-corrected chi connectivity index (χ4v) is 5.85. The van der Waals surface area contributed by atoms with Crippen LogP contribution < -0.4 is 15.0 Å². The summed E-state index contributed by atoms with van der Waals surface area (Å²) >= 11 is 5.94. The van der Waals surface area contributed by atoms with E-state index in [4.69, 9.17) is 21.9 Å². The molecule has 1 aliphatic rings. The molecule has 6 nitrogen and oxygen atoms in total. The van der Waals surface area contributed by atoms with Crippen molar-refractivity contribution in [3.05, 3.63) is 131 Å². The van der Waals surface area contributed by atoms with E-state index in [1.165, 1.54) is 0 Å². The third-order valence-corrected chi connectivity index (χ3v) is 7.75. The van der Waals surface area contributed by atoms with Gasteiger partial charge in [0.1, 0.15) is 17.2 Å². The second-order valence-corrected chi connectivity index (χ2v) is 10.4. The van der Waals surface area contributed by atoms with Gasteiger partial charge < -0.3 is 24.6 Å². The van der Waals surface area contributed by atoms with Gasteiger partial charge in [0.25, 0.3) is 0 Å². The Bertz CT molecular complexity index is 1660. The number of aromatic hydroxyl groups is 1. The minimum Gasteiger partial charge on any atom is -0.508 e. The molecular weight excluding hydrogens is 516 g/mol. The molecule has 7 heteroatoms. The standard InChI is InChI=1S/C33H30N4O2S/c1-21-8-4-5-10-30(21)39-27-17-13-25(14-18-27)37-32(31(35-33(37)40)29-9-6-7-19-34-29)28-20-22(2)36(23(28)3)24-11-15-26(38)16-12-24/h4-20,31-32,38H,1-3H3,(H,35,40). The first-order valence-corrected chi connectivity index (χ1v) is 13.6. The van der Waals surface area contributed by atoms with Crippen molar-refractivity contribution in [2.75, 3.05) is 4.90 Å². The predicted octanol–water partition coefficient (Wildman–Crippen LogP) is 7.47. The zero-order valence-electron chi connectivity index (χ0n) is 22.6. The van der Waals surface area contributed by atoms with Crippen molar-refractivity contribution in [3.8, 4) is 22.9 Å². The Hall–Kier alpha value is -4.62. The molecule has 5 aromatic rings. The highest BCUT2D eigenvalue weighted by Crippen LogP contribution is 2.44. The second kappa shape index (κ2) is 10.5. The van der Waals surface area contributed by atoms with Crippen LogP contribution in [0.5, 0.6) is 17.2 Å². The van der Waals surface area contributed by atoms with Crippen LogP contribution in [0.2, 0.25) is 0 Å². The Morgan fingerprint density at radius 2 is 1.55 bits per heavy atom. The molecule has 2 N–H and O–H groups in total. The maximum Gasteiger partial charge on any atom is 0.174 e. The number of para-hydroxylation sites is 1. The maximum absolute atomic E-state index is 9.83. The van der Waals surface area contributed by atoms with Gasteiger partial charge in [0, 0.05) is 29.0 Å². The number of ether oxygens (including phenoxy) is 1. The van der Waals surface area contributed by atoms with E-state index >= 15 is 0 Å². The predicted molar refractivity (Wildman–Crippen MR) is 163 cm³/mol. The topological polar surface area (TPSA) is 62.5 Å². The first kappa shape index (κ1) is 25.6. The summed E-state index contributed by atoms with van der Waals surface area (Å²) in [5.41, 5.74) is 7.31. The summed E-state index contributed by atoms with van der Waals surface area (Å²) in [6.45, 7) is 6.26. The van der Waals surface area contributed by atoms with Crippen LogP contribution in [0, 0.1) is 20.8 Å². The van der Waals surface area contributed by atoms with Crippen LogP contribution in [-0.2, 0) is 0 Å². The quantitative estimate of drug-likeness (QED) is 0.215. The molecule has 1 aliphatic heterocycles. The monoisotopic (exact) mass is 546 g/mol. The zero-order valence-corrected chi connectivity index (χ0v) is 23.4. The number of aromatic nitrogens is 2. The summed E-state index contributed by atoms with van der Waals surface area (Å²) in [5.74, 6) is 1.84. The Balaban J connectivity index is 1.41. The third kappa shape index (κ3) is 4.69. The van der Waals surface area contributed by atoms with E-state index in [1.54, 1.807) is 12.1 Å².